The average molecular weight is 463 g/mol. The van der Waals surface area contributed by atoms with Gasteiger partial charge < -0.3 is 14.8 Å². The zero-order chi connectivity index (χ0) is 22.9. The lowest BCUT2D eigenvalue weighted by atomic mass is 9.95. The number of hydrogen-bond acceptors (Lipinski definition) is 5. The van der Waals surface area contributed by atoms with Crippen LogP contribution in [0.15, 0.2) is 47.4 Å². The molecule has 4 rings (SSSR count). The molecule has 3 atom stereocenters. The van der Waals surface area contributed by atoms with Crippen molar-refractivity contribution in [1.29, 1.82) is 0 Å². The molecule has 1 N–H and O–H groups in total. The van der Waals surface area contributed by atoms with Crippen molar-refractivity contribution in [3.8, 4) is 11.5 Å². The minimum Gasteiger partial charge on any atom is -0.493 e. The summed E-state index contributed by atoms with van der Waals surface area (Å²) in [6, 6.07) is 9.67. The van der Waals surface area contributed by atoms with Crippen molar-refractivity contribution in [3.63, 3.8) is 0 Å². The number of para-hydroxylation sites is 1. The van der Waals surface area contributed by atoms with Gasteiger partial charge in [0.1, 0.15) is 12.4 Å². The van der Waals surface area contributed by atoms with E-state index in [4.69, 9.17) is 9.47 Å². The lowest BCUT2D eigenvalue weighted by Gasteiger charge is -2.27. The van der Waals surface area contributed by atoms with Gasteiger partial charge in [0, 0.05) is 12.1 Å². The highest BCUT2D eigenvalue weighted by molar-refractivity contribution is 7.92. The second-order valence-corrected chi connectivity index (χ2v) is 10.2. The van der Waals surface area contributed by atoms with Crippen molar-refractivity contribution in [2.24, 2.45) is 11.8 Å². The predicted octanol–water partition coefficient (Wildman–Crippen LogP) is 3.34. The summed E-state index contributed by atoms with van der Waals surface area (Å²) in [5, 5.41) is 2.98. The molecule has 0 saturated heterocycles. The van der Waals surface area contributed by atoms with Gasteiger partial charge >= 0.3 is 0 Å². The molecule has 2 fully saturated rings. The van der Waals surface area contributed by atoms with Crippen LogP contribution in [-0.2, 0) is 14.8 Å². The topological polar surface area (TPSA) is 84.9 Å². The number of nitrogens with zero attached hydrogens (tertiary/aromatic N) is 1. The number of fused-ring (bicyclic) bond motifs is 2. The monoisotopic (exact) mass is 462 g/mol. The summed E-state index contributed by atoms with van der Waals surface area (Å²) in [5.74, 6) is 0.460. The third-order valence-electron chi connectivity index (χ3n) is 6.44. The molecule has 9 heteroatoms. The molecule has 1 amide bonds. The number of hydrogen-bond donors (Lipinski definition) is 1. The standard InChI is InChI=1S/C23H27FN2O5S/c1-30-21-10-9-17(13-22(21)31-2)32(28,29)26(20-6-4-3-5-18(20)24)14-23(27)25-19-12-15-7-8-16(19)11-15/h3-6,9-10,13,15-16,19H,7-8,11-12,14H2,1-2H3,(H,25,27). The van der Waals surface area contributed by atoms with Gasteiger partial charge in [0.2, 0.25) is 5.91 Å². The number of anilines is 1. The Kier molecular flexibility index (Phi) is 6.28. The smallest absolute Gasteiger partial charge is 0.265 e. The Balaban J connectivity index is 1.65. The fourth-order valence-corrected chi connectivity index (χ4v) is 6.31. The van der Waals surface area contributed by atoms with E-state index in [2.05, 4.69) is 5.32 Å². The molecule has 2 saturated carbocycles. The molecule has 32 heavy (non-hydrogen) atoms. The fraction of sp³-hybridized carbons (Fsp3) is 0.435. The van der Waals surface area contributed by atoms with Gasteiger partial charge in [-0.15, -0.1) is 0 Å². The molecule has 0 heterocycles. The van der Waals surface area contributed by atoms with Crippen molar-refractivity contribution in [3.05, 3.63) is 48.3 Å². The largest absolute Gasteiger partial charge is 0.493 e. The molecule has 172 valence electrons. The Bertz CT molecular complexity index is 1110. The van der Waals surface area contributed by atoms with Gasteiger partial charge in [-0.3, -0.25) is 9.10 Å². The predicted molar refractivity (Wildman–Crippen MR) is 118 cm³/mol. The number of methoxy groups -OCH3 is 2. The van der Waals surface area contributed by atoms with Crippen LogP contribution in [-0.4, -0.2) is 41.1 Å². The summed E-state index contributed by atoms with van der Waals surface area (Å²) < 4.78 is 52.9. The molecule has 2 aromatic rings. The number of carbonyl (C=O) groups excluding carboxylic acids is 1. The number of carbonyl (C=O) groups is 1. The highest BCUT2D eigenvalue weighted by Gasteiger charge is 2.40. The SMILES string of the molecule is COc1ccc(S(=O)(=O)N(CC(=O)NC2CC3CCC2C3)c2ccccc2F)cc1OC. The van der Waals surface area contributed by atoms with Crippen LogP contribution in [0.3, 0.4) is 0 Å². The van der Waals surface area contributed by atoms with Crippen molar-refractivity contribution >= 4 is 21.6 Å². The van der Waals surface area contributed by atoms with E-state index in [0.29, 0.717) is 17.6 Å². The summed E-state index contributed by atoms with van der Waals surface area (Å²) in [6.45, 7) is -0.522. The summed E-state index contributed by atoms with van der Waals surface area (Å²) in [5.41, 5.74) is -0.189. The average Bonchev–Trinajstić information content (AvgIpc) is 3.40. The maximum atomic E-state index is 14.6. The molecule has 2 aromatic carbocycles. The van der Waals surface area contributed by atoms with E-state index in [1.165, 1.54) is 63.1 Å². The van der Waals surface area contributed by atoms with Crippen LogP contribution >= 0.6 is 0 Å². The van der Waals surface area contributed by atoms with Crippen LogP contribution in [0.1, 0.15) is 25.7 Å². The van der Waals surface area contributed by atoms with Crippen LogP contribution in [0, 0.1) is 17.7 Å². The maximum absolute atomic E-state index is 14.6. The number of halogens is 1. The Morgan fingerprint density at radius 2 is 1.84 bits per heavy atom. The summed E-state index contributed by atoms with van der Waals surface area (Å²) in [6.07, 6.45) is 4.28. The number of rotatable bonds is 8. The Morgan fingerprint density at radius 1 is 1.09 bits per heavy atom. The number of benzene rings is 2. The molecule has 0 spiro atoms. The van der Waals surface area contributed by atoms with Gasteiger partial charge in [-0.2, -0.15) is 0 Å². The molecular weight excluding hydrogens is 435 g/mol. The molecule has 2 bridgehead atoms. The van der Waals surface area contributed by atoms with E-state index in [-0.39, 0.29) is 22.4 Å². The van der Waals surface area contributed by atoms with Crippen LogP contribution in [0.25, 0.3) is 0 Å². The normalized spacial score (nSPS) is 21.9. The van der Waals surface area contributed by atoms with Gasteiger partial charge in [0.25, 0.3) is 10.0 Å². The third kappa shape index (κ3) is 4.26. The number of amides is 1. The van der Waals surface area contributed by atoms with E-state index in [1.807, 2.05) is 0 Å². The molecule has 0 aliphatic heterocycles. The lowest BCUT2D eigenvalue weighted by molar-refractivity contribution is -0.120. The fourth-order valence-electron chi connectivity index (χ4n) is 4.86. The number of sulfonamides is 1. The molecule has 2 aliphatic rings. The highest BCUT2D eigenvalue weighted by Crippen LogP contribution is 2.44. The molecule has 2 aliphatic carbocycles. The maximum Gasteiger partial charge on any atom is 0.265 e. The zero-order valence-electron chi connectivity index (χ0n) is 18.1. The van der Waals surface area contributed by atoms with Gasteiger partial charge in [0.15, 0.2) is 11.5 Å². The molecule has 0 radical (unpaired) electrons. The molecule has 3 unspecified atom stereocenters. The van der Waals surface area contributed by atoms with Crippen LogP contribution in [0.2, 0.25) is 0 Å². The van der Waals surface area contributed by atoms with E-state index >= 15 is 0 Å². The summed E-state index contributed by atoms with van der Waals surface area (Å²) >= 11 is 0. The first-order valence-corrected chi connectivity index (χ1v) is 12.1. The summed E-state index contributed by atoms with van der Waals surface area (Å²) in [7, 11) is -1.44. The van der Waals surface area contributed by atoms with Gasteiger partial charge in [0.05, 0.1) is 24.8 Å². The zero-order valence-corrected chi connectivity index (χ0v) is 18.9. The Morgan fingerprint density at radius 3 is 2.47 bits per heavy atom. The first-order chi connectivity index (χ1) is 15.3. The van der Waals surface area contributed by atoms with Crippen LogP contribution < -0.4 is 19.1 Å². The number of ether oxygens (including phenoxy) is 2. The number of nitrogens with one attached hydrogen (secondary N) is 1. The van der Waals surface area contributed by atoms with E-state index < -0.39 is 28.3 Å². The minimum atomic E-state index is -4.28. The minimum absolute atomic E-state index is 0.0486. The van der Waals surface area contributed by atoms with E-state index in [9.17, 15) is 17.6 Å². The van der Waals surface area contributed by atoms with Gasteiger partial charge in [-0.25, -0.2) is 12.8 Å². The first kappa shape index (κ1) is 22.4. The molecular formula is C23H27FN2O5S. The second-order valence-electron chi connectivity index (χ2n) is 8.33. The molecule has 0 aromatic heterocycles. The van der Waals surface area contributed by atoms with Crippen molar-refractivity contribution < 1.29 is 27.1 Å². The van der Waals surface area contributed by atoms with Crippen molar-refractivity contribution in [2.75, 3.05) is 25.1 Å². The van der Waals surface area contributed by atoms with E-state index in [1.54, 1.807) is 0 Å². The van der Waals surface area contributed by atoms with Crippen molar-refractivity contribution in [1.82, 2.24) is 5.32 Å². The quantitative estimate of drug-likeness (QED) is 0.651. The molecule has 7 nitrogen and oxygen atoms in total. The van der Waals surface area contributed by atoms with E-state index in [0.717, 1.165) is 23.6 Å². The van der Waals surface area contributed by atoms with Crippen LogP contribution in [0.5, 0.6) is 11.5 Å². The lowest BCUT2D eigenvalue weighted by Crippen LogP contribution is -2.46. The van der Waals surface area contributed by atoms with Crippen LogP contribution in [0.4, 0.5) is 10.1 Å². The van der Waals surface area contributed by atoms with Crippen molar-refractivity contribution in [2.45, 2.75) is 36.6 Å². The van der Waals surface area contributed by atoms with Gasteiger partial charge in [-0.05, 0) is 55.4 Å². The summed E-state index contributed by atoms with van der Waals surface area (Å²) in [4.78, 5) is 12.8. The third-order valence-corrected chi connectivity index (χ3v) is 8.19. The van der Waals surface area contributed by atoms with Gasteiger partial charge in [-0.1, -0.05) is 18.6 Å². The Labute approximate surface area is 187 Å². The Hall–Kier alpha value is -2.81. The highest BCUT2D eigenvalue weighted by atomic mass is 32.2. The first-order valence-electron chi connectivity index (χ1n) is 10.6. The second kappa shape index (κ2) is 8.97.